The van der Waals surface area contributed by atoms with Crippen LogP contribution in [0.1, 0.15) is 60.2 Å². The maximum Gasteiger partial charge on any atom is 0.254 e. The quantitative estimate of drug-likeness (QED) is 0.529. The van der Waals surface area contributed by atoms with Gasteiger partial charge >= 0.3 is 0 Å². The molecule has 1 saturated heterocycles. The molecule has 6 nitrogen and oxygen atoms in total. The first kappa shape index (κ1) is 23.4. The molecule has 0 aliphatic carbocycles. The van der Waals surface area contributed by atoms with Gasteiger partial charge in [-0.2, -0.15) is 11.3 Å². The number of hydrogen-bond acceptors (Lipinski definition) is 5. The van der Waals surface area contributed by atoms with Gasteiger partial charge in [0, 0.05) is 35.6 Å². The summed E-state index contributed by atoms with van der Waals surface area (Å²) in [6, 6.07) is 5.24. The van der Waals surface area contributed by atoms with Crippen LogP contribution in [0.5, 0.6) is 11.5 Å². The number of nitrogens with one attached hydrogen (secondary N) is 1. The van der Waals surface area contributed by atoms with Crippen molar-refractivity contribution < 1.29 is 19.1 Å². The number of piperidine rings is 1. The Kier molecular flexibility index (Phi) is 8.60. The molecule has 1 N–H and O–H groups in total. The largest absolute Gasteiger partial charge is 0.490 e. The summed E-state index contributed by atoms with van der Waals surface area (Å²) in [5, 5.41) is 7.16. The highest BCUT2D eigenvalue weighted by molar-refractivity contribution is 7.08. The number of nitrogens with zero attached hydrogens (tertiary/aromatic N) is 1. The van der Waals surface area contributed by atoms with Crippen LogP contribution in [0.25, 0.3) is 0 Å². The Morgan fingerprint density at radius 3 is 2.61 bits per heavy atom. The van der Waals surface area contributed by atoms with Gasteiger partial charge in [0.15, 0.2) is 11.5 Å². The molecule has 2 aromatic rings. The van der Waals surface area contributed by atoms with E-state index in [2.05, 4.69) is 12.2 Å². The van der Waals surface area contributed by atoms with Crippen LogP contribution in [0.15, 0.2) is 29.0 Å². The van der Waals surface area contributed by atoms with Crippen molar-refractivity contribution in [1.29, 1.82) is 0 Å². The SMILES string of the molecule is CCCCOc1c(Cl)cc(C(=O)N2CCC(NC(=O)c3ccsc3)CC2)cc1OCC. The molecule has 3 rings (SSSR count). The molecular weight excluding hydrogens is 436 g/mol. The highest BCUT2D eigenvalue weighted by Gasteiger charge is 2.26. The summed E-state index contributed by atoms with van der Waals surface area (Å²) < 4.78 is 11.5. The van der Waals surface area contributed by atoms with Crippen molar-refractivity contribution in [3.63, 3.8) is 0 Å². The lowest BCUT2D eigenvalue weighted by Gasteiger charge is -2.32. The zero-order valence-electron chi connectivity index (χ0n) is 18.0. The zero-order valence-corrected chi connectivity index (χ0v) is 19.6. The van der Waals surface area contributed by atoms with Gasteiger partial charge in [-0.25, -0.2) is 0 Å². The fourth-order valence-electron chi connectivity index (χ4n) is 3.48. The van der Waals surface area contributed by atoms with E-state index in [1.54, 1.807) is 17.0 Å². The van der Waals surface area contributed by atoms with Crippen molar-refractivity contribution in [2.24, 2.45) is 0 Å². The second-order valence-electron chi connectivity index (χ2n) is 7.47. The molecule has 31 heavy (non-hydrogen) atoms. The lowest BCUT2D eigenvalue weighted by atomic mass is 10.0. The molecule has 1 aliphatic rings. The molecule has 8 heteroatoms. The fourth-order valence-corrected chi connectivity index (χ4v) is 4.39. The van der Waals surface area contributed by atoms with Crippen LogP contribution >= 0.6 is 22.9 Å². The van der Waals surface area contributed by atoms with Crippen molar-refractivity contribution in [2.45, 2.75) is 45.6 Å². The molecule has 0 spiro atoms. The zero-order chi connectivity index (χ0) is 22.2. The van der Waals surface area contributed by atoms with Crippen molar-refractivity contribution in [3.05, 3.63) is 45.1 Å². The summed E-state index contributed by atoms with van der Waals surface area (Å²) in [6.07, 6.45) is 3.36. The third kappa shape index (κ3) is 6.14. The Hall–Kier alpha value is -2.25. The summed E-state index contributed by atoms with van der Waals surface area (Å²) in [5.41, 5.74) is 1.17. The first-order valence-electron chi connectivity index (χ1n) is 10.7. The number of rotatable bonds is 9. The Morgan fingerprint density at radius 2 is 1.97 bits per heavy atom. The van der Waals surface area contributed by atoms with Crippen LogP contribution in [0, 0.1) is 0 Å². The molecule has 2 amide bonds. The molecular formula is C23H29ClN2O4S. The number of halogens is 1. The van der Waals surface area contributed by atoms with Gasteiger partial charge in [-0.15, -0.1) is 0 Å². The van der Waals surface area contributed by atoms with Crippen molar-refractivity contribution in [3.8, 4) is 11.5 Å². The molecule has 1 aliphatic heterocycles. The number of amides is 2. The average molecular weight is 465 g/mol. The summed E-state index contributed by atoms with van der Waals surface area (Å²) in [5.74, 6) is 0.833. The Balaban J connectivity index is 1.62. The number of hydrogen-bond donors (Lipinski definition) is 1. The first-order valence-corrected chi connectivity index (χ1v) is 12.1. The van der Waals surface area contributed by atoms with Gasteiger partial charge in [0.05, 0.1) is 18.2 Å². The smallest absolute Gasteiger partial charge is 0.254 e. The Labute approximate surface area is 192 Å². The van der Waals surface area contributed by atoms with Crippen molar-refractivity contribution >= 4 is 34.8 Å². The van der Waals surface area contributed by atoms with E-state index in [9.17, 15) is 9.59 Å². The normalized spacial score (nSPS) is 14.4. The van der Waals surface area contributed by atoms with E-state index in [-0.39, 0.29) is 17.9 Å². The minimum atomic E-state index is -0.0921. The van der Waals surface area contributed by atoms with Gasteiger partial charge in [0.25, 0.3) is 11.8 Å². The molecule has 0 bridgehead atoms. The van der Waals surface area contributed by atoms with Crippen molar-refractivity contribution in [1.82, 2.24) is 10.2 Å². The minimum Gasteiger partial charge on any atom is -0.490 e. The maximum atomic E-state index is 13.1. The van der Waals surface area contributed by atoms with E-state index < -0.39 is 0 Å². The van der Waals surface area contributed by atoms with Gasteiger partial charge < -0.3 is 19.7 Å². The molecule has 0 radical (unpaired) electrons. The van der Waals surface area contributed by atoms with Gasteiger partial charge in [-0.1, -0.05) is 24.9 Å². The van der Waals surface area contributed by atoms with E-state index in [1.165, 1.54) is 11.3 Å². The van der Waals surface area contributed by atoms with E-state index in [4.69, 9.17) is 21.1 Å². The monoisotopic (exact) mass is 464 g/mol. The highest BCUT2D eigenvalue weighted by Crippen LogP contribution is 2.37. The maximum absolute atomic E-state index is 13.1. The third-order valence-electron chi connectivity index (χ3n) is 5.20. The number of unbranched alkanes of at least 4 members (excludes halogenated alkanes) is 1. The predicted octanol–water partition coefficient (Wildman–Crippen LogP) is 5.01. The second kappa shape index (κ2) is 11.4. The molecule has 168 valence electrons. The first-order chi connectivity index (χ1) is 15.0. The van der Waals surface area contributed by atoms with E-state index >= 15 is 0 Å². The fraction of sp³-hybridized carbons (Fsp3) is 0.478. The Morgan fingerprint density at radius 1 is 1.19 bits per heavy atom. The summed E-state index contributed by atoms with van der Waals surface area (Å²) in [7, 11) is 0. The van der Waals surface area contributed by atoms with Crippen molar-refractivity contribution in [2.75, 3.05) is 26.3 Å². The van der Waals surface area contributed by atoms with Crippen LogP contribution in [-0.4, -0.2) is 49.1 Å². The van der Waals surface area contributed by atoms with Gasteiger partial charge in [-0.3, -0.25) is 9.59 Å². The van der Waals surface area contributed by atoms with Gasteiger partial charge in [0.1, 0.15) is 0 Å². The molecule has 2 heterocycles. The van der Waals surface area contributed by atoms with Gasteiger partial charge in [0.2, 0.25) is 0 Å². The summed E-state index contributed by atoms with van der Waals surface area (Å²) in [6.45, 7) is 6.12. The van der Waals surface area contributed by atoms with Crippen LogP contribution in [0.3, 0.4) is 0 Å². The number of carbonyl (C=O) groups is 2. The highest BCUT2D eigenvalue weighted by atomic mass is 35.5. The summed E-state index contributed by atoms with van der Waals surface area (Å²) in [4.78, 5) is 27.1. The van der Waals surface area contributed by atoms with E-state index in [0.29, 0.717) is 66.8 Å². The second-order valence-corrected chi connectivity index (χ2v) is 8.66. The summed E-state index contributed by atoms with van der Waals surface area (Å²) >= 11 is 7.94. The molecule has 1 fully saturated rings. The number of ether oxygens (including phenoxy) is 2. The predicted molar refractivity (Wildman–Crippen MR) is 124 cm³/mol. The third-order valence-corrected chi connectivity index (χ3v) is 6.17. The van der Waals surface area contributed by atoms with Gasteiger partial charge in [-0.05, 0) is 49.8 Å². The lowest BCUT2D eigenvalue weighted by Crippen LogP contribution is -2.46. The van der Waals surface area contributed by atoms with Crippen LogP contribution in [0.2, 0.25) is 5.02 Å². The number of thiophene rings is 1. The Bertz CT molecular complexity index is 880. The molecule has 0 saturated carbocycles. The number of benzene rings is 1. The van der Waals surface area contributed by atoms with Crippen LogP contribution in [-0.2, 0) is 0 Å². The average Bonchev–Trinajstić information content (AvgIpc) is 3.31. The number of likely N-dealkylation sites (tertiary alicyclic amines) is 1. The van der Waals surface area contributed by atoms with Crippen LogP contribution < -0.4 is 14.8 Å². The number of carbonyl (C=O) groups excluding carboxylic acids is 2. The topological polar surface area (TPSA) is 67.9 Å². The van der Waals surface area contributed by atoms with E-state index in [0.717, 1.165) is 12.8 Å². The lowest BCUT2D eigenvalue weighted by molar-refractivity contribution is 0.0697. The molecule has 1 aromatic carbocycles. The van der Waals surface area contributed by atoms with E-state index in [1.807, 2.05) is 23.8 Å². The standard InChI is InChI=1S/C23H29ClN2O4S/c1-3-5-11-30-21-19(24)13-17(14-20(21)29-4-2)23(28)26-9-6-18(7-10-26)25-22(27)16-8-12-31-15-16/h8,12-15,18H,3-7,9-11H2,1-2H3,(H,25,27). The molecule has 0 atom stereocenters. The van der Waals surface area contributed by atoms with Crippen LogP contribution in [0.4, 0.5) is 0 Å². The molecule has 0 unspecified atom stereocenters. The minimum absolute atomic E-state index is 0.0576. The molecule has 1 aromatic heterocycles.